The molecule has 1 aliphatic heterocycles. The van der Waals surface area contributed by atoms with Gasteiger partial charge in [-0.25, -0.2) is 0 Å². The molecular formula is C21H21N3O2. The number of nitrogens with zero attached hydrogens (tertiary/aromatic N) is 2. The number of aromatic amines is 1. The summed E-state index contributed by atoms with van der Waals surface area (Å²) in [4.78, 5) is 14.6. The van der Waals surface area contributed by atoms with Gasteiger partial charge in [-0.15, -0.1) is 0 Å². The maximum Gasteiger partial charge on any atom is 0.253 e. The first kappa shape index (κ1) is 16.5. The number of amides is 1. The summed E-state index contributed by atoms with van der Waals surface area (Å²) in [6.45, 7) is 2.86. The summed E-state index contributed by atoms with van der Waals surface area (Å²) in [7, 11) is 0. The topological polar surface area (TPSA) is 69.2 Å². The van der Waals surface area contributed by atoms with Crippen LogP contribution in [0.15, 0.2) is 60.8 Å². The van der Waals surface area contributed by atoms with E-state index in [4.69, 9.17) is 0 Å². The molecule has 0 spiro atoms. The van der Waals surface area contributed by atoms with Gasteiger partial charge in [0.1, 0.15) is 5.60 Å². The van der Waals surface area contributed by atoms with Crippen molar-refractivity contribution in [3.05, 3.63) is 77.5 Å². The molecule has 5 heteroatoms. The third-order valence-corrected chi connectivity index (χ3v) is 5.12. The Kier molecular flexibility index (Phi) is 4.09. The summed E-state index contributed by atoms with van der Waals surface area (Å²) >= 11 is 0. The zero-order chi connectivity index (χ0) is 18.1. The quantitative estimate of drug-likeness (QED) is 0.765. The maximum atomic E-state index is 12.8. The fourth-order valence-corrected chi connectivity index (χ4v) is 3.67. The molecule has 0 bridgehead atoms. The summed E-state index contributed by atoms with van der Waals surface area (Å²) in [6, 6.07) is 17.2. The number of hydrogen-bond donors (Lipinski definition) is 2. The van der Waals surface area contributed by atoms with Crippen LogP contribution < -0.4 is 0 Å². The lowest BCUT2D eigenvalue weighted by Crippen LogP contribution is -2.34. The molecule has 26 heavy (non-hydrogen) atoms. The number of aliphatic hydroxyl groups is 1. The second-order valence-electron chi connectivity index (χ2n) is 6.87. The minimum absolute atomic E-state index is 0.0503. The number of nitrogens with one attached hydrogen (secondary N) is 1. The van der Waals surface area contributed by atoms with Gasteiger partial charge in [-0.05, 0) is 48.2 Å². The molecule has 0 radical (unpaired) electrons. The number of hydrogen-bond acceptors (Lipinski definition) is 3. The molecule has 4 rings (SSSR count). The van der Waals surface area contributed by atoms with E-state index in [0.717, 1.165) is 22.4 Å². The Bertz CT molecular complexity index is 919. The van der Waals surface area contributed by atoms with Crippen LogP contribution in [0.5, 0.6) is 0 Å². The number of carbonyl (C=O) groups excluding carboxylic acids is 1. The van der Waals surface area contributed by atoms with E-state index in [2.05, 4.69) is 10.2 Å². The van der Waals surface area contributed by atoms with E-state index in [1.165, 1.54) is 0 Å². The van der Waals surface area contributed by atoms with Gasteiger partial charge in [-0.1, -0.05) is 36.4 Å². The first-order valence-corrected chi connectivity index (χ1v) is 8.74. The zero-order valence-corrected chi connectivity index (χ0v) is 14.6. The lowest BCUT2D eigenvalue weighted by atomic mass is 9.89. The largest absolute Gasteiger partial charge is 0.383 e. The molecule has 1 atom stereocenters. The molecule has 2 N–H and O–H groups in total. The molecule has 1 saturated heterocycles. The fourth-order valence-electron chi connectivity index (χ4n) is 3.67. The van der Waals surface area contributed by atoms with Crippen molar-refractivity contribution in [3.8, 4) is 11.3 Å². The van der Waals surface area contributed by atoms with Gasteiger partial charge in [-0.2, -0.15) is 5.10 Å². The molecule has 0 aliphatic carbocycles. The molecule has 2 heterocycles. The Labute approximate surface area is 152 Å². The predicted molar refractivity (Wildman–Crippen MR) is 99.6 cm³/mol. The molecule has 132 valence electrons. The Hall–Kier alpha value is -2.92. The lowest BCUT2D eigenvalue weighted by Gasteiger charge is -2.25. The van der Waals surface area contributed by atoms with E-state index in [0.29, 0.717) is 25.1 Å². The van der Waals surface area contributed by atoms with E-state index < -0.39 is 5.60 Å². The van der Waals surface area contributed by atoms with Gasteiger partial charge in [0.25, 0.3) is 5.91 Å². The summed E-state index contributed by atoms with van der Waals surface area (Å²) in [5.41, 5.74) is 3.51. The molecule has 1 aliphatic rings. The molecular weight excluding hydrogens is 326 g/mol. The van der Waals surface area contributed by atoms with Crippen LogP contribution in [0.3, 0.4) is 0 Å². The van der Waals surface area contributed by atoms with Gasteiger partial charge in [0.05, 0.1) is 12.2 Å². The van der Waals surface area contributed by atoms with Gasteiger partial charge >= 0.3 is 0 Å². The SMILES string of the molecule is Cc1ccccc1[C@]1(O)CCN(C(=O)c2ccc(-c3ccn[nH]3)cc2)C1. The normalized spacial score (nSPS) is 19.7. The van der Waals surface area contributed by atoms with Crippen molar-refractivity contribution < 1.29 is 9.90 Å². The second-order valence-corrected chi connectivity index (χ2v) is 6.87. The minimum atomic E-state index is -0.975. The van der Waals surface area contributed by atoms with E-state index in [1.54, 1.807) is 11.1 Å². The van der Waals surface area contributed by atoms with Crippen LogP contribution in [0.25, 0.3) is 11.3 Å². The third-order valence-electron chi connectivity index (χ3n) is 5.12. The molecule has 1 amide bonds. The van der Waals surface area contributed by atoms with Crippen molar-refractivity contribution >= 4 is 5.91 Å². The summed E-state index contributed by atoms with van der Waals surface area (Å²) in [6.07, 6.45) is 2.25. The monoisotopic (exact) mass is 347 g/mol. The van der Waals surface area contributed by atoms with Crippen molar-refractivity contribution in [2.75, 3.05) is 13.1 Å². The highest BCUT2D eigenvalue weighted by Crippen LogP contribution is 2.34. The van der Waals surface area contributed by atoms with Crippen LogP contribution in [-0.2, 0) is 5.60 Å². The Balaban J connectivity index is 1.52. The second kappa shape index (κ2) is 6.42. The van der Waals surface area contributed by atoms with Gasteiger partial charge in [0.2, 0.25) is 0 Å². The number of benzene rings is 2. The van der Waals surface area contributed by atoms with Crippen LogP contribution in [0.2, 0.25) is 0 Å². The highest BCUT2D eigenvalue weighted by molar-refractivity contribution is 5.95. The average molecular weight is 347 g/mol. The van der Waals surface area contributed by atoms with Gasteiger partial charge in [0.15, 0.2) is 0 Å². The zero-order valence-electron chi connectivity index (χ0n) is 14.6. The number of H-pyrrole nitrogens is 1. The number of rotatable bonds is 3. The van der Waals surface area contributed by atoms with Gasteiger partial charge in [-0.3, -0.25) is 9.89 Å². The molecule has 1 fully saturated rings. The first-order valence-electron chi connectivity index (χ1n) is 8.74. The lowest BCUT2D eigenvalue weighted by molar-refractivity contribution is 0.0412. The molecule has 2 aromatic carbocycles. The molecule has 0 saturated carbocycles. The van der Waals surface area contributed by atoms with Crippen molar-refractivity contribution in [1.29, 1.82) is 0 Å². The maximum absolute atomic E-state index is 12.8. The van der Waals surface area contributed by atoms with Gasteiger partial charge in [0, 0.05) is 18.3 Å². The number of aromatic nitrogens is 2. The number of carbonyl (C=O) groups is 1. The van der Waals surface area contributed by atoms with E-state index in [-0.39, 0.29) is 5.91 Å². The highest BCUT2D eigenvalue weighted by atomic mass is 16.3. The Morgan fingerprint density at radius 3 is 2.62 bits per heavy atom. The van der Waals surface area contributed by atoms with Gasteiger partial charge < -0.3 is 10.0 Å². The van der Waals surface area contributed by atoms with E-state index >= 15 is 0 Å². The Morgan fingerprint density at radius 1 is 1.15 bits per heavy atom. The van der Waals surface area contributed by atoms with Crippen molar-refractivity contribution in [1.82, 2.24) is 15.1 Å². The molecule has 3 aromatic rings. The average Bonchev–Trinajstić information content (AvgIpc) is 3.32. The summed E-state index contributed by atoms with van der Waals surface area (Å²) in [5, 5.41) is 17.9. The smallest absolute Gasteiger partial charge is 0.253 e. The summed E-state index contributed by atoms with van der Waals surface area (Å²) in [5.74, 6) is -0.0503. The molecule has 1 aromatic heterocycles. The van der Waals surface area contributed by atoms with E-state index in [9.17, 15) is 9.90 Å². The van der Waals surface area contributed by atoms with Crippen molar-refractivity contribution in [3.63, 3.8) is 0 Å². The van der Waals surface area contributed by atoms with Crippen LogP contribution >= 0.6 is 0 Å². The fraction of sp³-hybridized carbons (Fsp3) is 0.238. The molecule has 0 unspecified atom stereocenters. The van der Waals surface area contributed by atoms with Crippen LogP contribution in [0, 0.1) is 6.92 Å². The minimum Gasteiger partial charge on any atom is -0.383 e. The van der Waals surface area contributed by atoms with Crippen LogP contribution in [-0.4, -0.2) is 39.2 Å². The molecule has 5 nitrogen and oxygen atoms in total. The van der Waals surface area contributed by atoms with Crippen molar-refractivity contribution in [2.45, 2.75) is 18.9 Å². The van der Waals surface area contributed by atoms with Crippen molar-refractivity contribution in [2.24, 2.45) is 0 Å². The number of aryl methyl sites for hydroxylation is 1. The predicted octanol–water partition coefficient (Wildman–Crippen LogP) is 3.12. The van der Waals surface area contributed by atoms with Crippen LogP contribution in [0.4, 0.5) is 0 Å². The number of β-amino-alcohol motifs (C(OH)–C–C–N with tert-alkyl or cyclic N) is 1. The highest BCUT2D eigenvalue weighted by Gasteiger charge is 2.40. The van der Waals surface area contributed by atoms with Crippen LogP contribution in [0.1, 0.15) is 27.9 Å². The third kappa shape index (κ3) is 2.91. The number of likely N-dealkylation sites (tertiary alicyclic amines) is 1. The summed E-state index contributed by atoms with van der Waals surface area (Å²) < 4.78 is 0. The standard InChI is InChI=1S/C21H21N3O2/c1-15-4-2-3-5-18(15)21(26)11-13-24(14-21)20(25)17-8-6-16(7-9-17)19-10-12-22-23-19/h2-10,12,26H,11,13-14H2,1H3,(H,22,23)/t21-/m0/s1. The Morgan fingerprint density at radius 2 is 1.92 bits per heavy atom. The first-order chi connectivity index (χ1) is 12.6. The van der Waals surface area contributed by atoms with E-state index in [1.807, 2.05) is 61.5 Å².